The number of anilines is 2. The van der Waals surface area contributed by atoms with E-state index in [1.807, 2.05) is 19.9 Å². The van der Waals surface area contributed by atoms with Crippen LogP contribution >= 0.6 is 0 Å². The number of aryl methyl sites for hydroxylation is 2. The molecule has 0 saturated heterocycles. The summed E-state index contributed by atoms with van der Waals surface area (Å²) in [6, 6.07) is 9.45. The Balaban J connectivity index is 1.47. The van der Waals surface area contributed by atoms with Crippen molar-refractivity contribution in [2.24, 2.45) is 0 Å². The number of carbonyl (C=O) groups is 1. The molecule has 3 rings (SSSR count). The zero-order valence-electron chi connectivity index (χ0n) is 16.3. The first-order chi connectivity index (χ1) is 14.2. The van der Waals surface area contributed by atoms with Crippen LogP contribution < -0.4 is 16.0 Å². The number of hydrogen-bond acceptors (Lipinski definition) is 5. The van der Waals surface area contributed by atoms with Gasteiger partial charge in [-0.15, -0.1) is 10.2 Å². The van der Waals surface area contributed by atoms with Crippen molar-refractivity contribution in [2.45, 2.75) is 20.0 Å². The lowest BCUT2D eigenvalue weighted by molar-refractivity contribution is -0.136. The SMILES string of the molecule is Cc1cc(C)n(-c2ccc(NCCNC(=O)Nc3ccccc3C(F)(F)F)nn2)n1. The lowest BCUT2D eigenvalue weighted by atomic mass is 10.1. The van der Waals surface area contributed by atoms with E-state index >= 15 is 0 Å². The number of amides is 2. The van der Waals surface area contributed by atoms with E-state index in [-0.39, 0.29) is 12.2 Å². The van der Waals surface area contributed by atoms with Gasteiger partial charge in [0.25, 0.3) is 0 Å². The second kappa shape index (κ2) is 8.80. The average molecular weight is 419 g/mol. The van der Waals surface area contributed by atoms with Crippen LogP contribution in [0, 0.1) is 13.8 Å². The molecule has 0 aliphatic rings. The molecule has 1 aromatic carbocycles. The quantitative estimate of drug-likeness (QED) is 0.531. The fraction of sp³-hybridized carbons (Fsp3) is 0.263. The van der Waals surface area contributed by atoms with Crippen LogP contribution in [0.3, 0.4) is 0 Å². The van der Waals surface area contributed by atoms with Crippen molar-refractivity contribution in [3.63, 3.8) is 0 Å². The van der Waals surface area contributed by atoms with Gasteiger partial charge in [-0.3, -0.25) is 0 Å². The number of nitrogens with zero attached hydrogens (tertiary/aromatic N) is 4. The van der Waals surface area contributed by atoms with Crippen LogP contribution in [0.2, 0.25) is 0 Å². The van der Waals surface area contributed by atoms with Crippen LogP contribution in [-0.2, 0) is 6.18 Å². The van der Waals surface area contributed by atoms with Crippen LogP contribution in [0.5, 0.6) is 0 Å². The van der Waals surface area contributed by atoms with Gasteiger partial charge in [-0.25, -0.2) is 9.48 Å². The molecule has 3 N–H and O–H groups in total. The number of urea groups is 1. The third-order valence-electron chi connectivity index (χ3n) is 4.07. The van der Waals surface area contributed by atoms with Crippen molar-refractivity contribution >= 4 is 17.5 Å². The average Bonchev–Trinajstić information content (AvgIpc) is 3.03. The minimum atomic E-state index is -4.55. The van der Waals surface area contributed by atoms with Crippen molar-refractivity contribution < 1.29 is 18.0 Å². The molecular formula is C19H20F3N7O. The zero-order chi connectivity index (χ0) is 21.7. The van der Waals surface area contributed by atoms with Crippen molar-refractivity contribution in [3.8, 4) is 5.82 Å². The number of aromatic nitrogens is 4. The molecule has 30 heavy (non-hydrogen) atoms. The summed E-state index contributed by atoms with van der Waals surface area (Å²) < 4.78 is 40.5. The smallest absolute Gasteiger partial charge is 0.367 e. The second-order valence-corrected chi connectivity index (χ2v) is 6.47. The van der Waals surface area contributed by atoms with Crippen molar-refractivity contribution in [3.05, 3.63) is 59.4 Å². The molecule has 2 aromatic heterocycles. The molecule has 0 saturated carbocycles. The van der Waals surface area contributed by atoms with E-state index in [4.69, 9.17) is 0 Å². The second-order valence-electron chi connectivity index (χ2n) is 6.47. The number of para-hydroxylation sites is 1. The molecule has 0 bridgehead atoms. The molecule has 0 radical (unpaired) electrons. The molecule has 0 fully saturated rings. The summed E-state index contributed by atoms with van der Waals surface area (Å²) in [5.41, 5.74) is 0.598. The highest BCUT2D eigenvalue weighted by Crippen LogP contribution is 2.34. The number of rotatable bonds is 6. The summed E-state index contributed by atoms with van der Waals surface area (Å²) in [7, 11) is 0. The predicted octanol–water partition coefficient (Wildman–Crippen LogP) is 3.53. The number of halogens is 3. The van der Waals surface area contributed by atoms with Crippen LogP contribution in [0.4, 0.5) is 29.5 Å². The molecule has 158 valence electrons. The van der Waals surface area contributed by atoms with E-state index in [0.29, 0.717) is 18.2 Å². The highest BCUT2D eigenvalue weighted by molar-refractivity contribution is 5.90. The topological polar surface area (TPSA) is 96.8 Å². The standard InChI is InChI=1S/C19H20F3N7O/c1-12-11-13(2)29(28-12)17-8-7-16(26-27-17)23-9-10-24-18(30)25-15-6-4-3-5-14(15)19(20,21)22/h3-8,11H,9-10H2,1-2H3,(H,23,26)(H2,24,25,30). The first-order valence-electron chi connectivity index (χ1n) is 9.06. The minimum Gasteiger partial charge on any atom is -0.367 e. The normalized spacial score (nSPS) is 11.2. The first kappa shape index (κ1) is 21.1. The highest BCUT2D eigenvalue weighted by Gasteiger charge is 2.33. The molecular weight excluding hydrogens is 399 g/mol. The molecule has 0 unspecified atom stereocenters. The number of benzene rings is 1. The molecule has 0 aliphatic carbocycles. The summed E-state index contributed by atoms with van der Waals surface area (Å²) in [6.45, 7) is 4.28. The molecule has 0 atom stereocenters. The maximum absolute atomic E-state index is 13.0. The van der Waals surface area contributed by atoms with Gasteiger partial charge < -0.3 is 16.0 Å². The molecule has 0 aliphatic heterocycles. The Morgan fingerprint density at radius 3 is 2.47 bits per heavy atom. The van der Waals surface area contributed by atoms with Crippen LogP contribution in [0.1, 0.15) is 17.0 Å². The van der Waals surface area contributed by atoms with E-state index in [0.717, 1.165) is 17.5 Å². The molecule has 8 nitrogen and oxygen atoms in total. The maximum atomic E-state index is 13.0. The summed E-state index contributed by atoms with van der Waals surface area (Å²) in [5.74, 6) is 1.07. The minimum absolute atomic E-state index is 0.168. The van der Waals surface area contributed by atoms with Crippen molar-refractivity contribution in [2.75, 3.05) is 23.7 Å². The van der Waals surface area contributed by atoms with Crippen molar-refractivity contribution in [1.82, 2.24) is 25.3 Å². The van der Waals surface area contributed by atoms with Gasteiger partial charge in [0, 0.05) is 18.8 Å². The Morgan fingerprint density at radius 2 is 1.83 bits per heavy atom. The fourth-order valence-electron chi connectivity index (χ4n) is 2.77. The lowest BCUT2D eigenvalue weighted by Crippen LogP contribution is -2.33. The van der Waals surface area contributed by atoms with E-state index < -0.39 is 17.8 Å². The molecule has 2 heterocycles. The summed E-state index contributed by atoms with van der Waals surface area (Å²) in [5, 5.41) is 20.2. The van der Waals surface area contributed by atoms with Crippen molar-refractivity contribution in [1.29, 1.82) is 0 Å². The van der Waals surface area contributed by atoms with Crippen LogP contribution in [0.15, 0.2) is 42.5 Å². The monoisotopic (exact) mass is 419 g/mol. The number of hydrogen-bond donors (Lipinski definition) is 3. The zero-order valence-corrected chi connectivity index (χ0v) is 16.3. The Kier molecular flexibility index (Phi) is 6.19. The third-order valence-corrected chi connectivity index (χ3v) is 4.07. The van der Waals surface area contributed by atoms with Gasteiger partial charge in [0.15, 0.2) is 5.82 Å². The van der Waals surface area contributed by atoms with E-state index in [1.54, 1.807) is 16.8 Å². The van der Waals surface area contributed by atoms with E-state index in [1.165, 1.54) is 18.2 Å². The van der Waals surface area contributed by atoms with Crippen LogP contribution in [0.25, 0.3) is 5.82 Å². The van der Waals surface area contributed by atoms with Gasteiger partial charge in [0.1, 0.15) is 5.82 Å². The summed E-state index contributed by atoms with van der Waals surface area (Å²) in [6.07, 6.45) is -4.55. The Bertz CT molecular complexity index is 1020. The Hall–Kier alpha value is -3.63. The number of alkyl halides is 3. The molecule has 0 spiro atoms. The van der Waals surface area contributed by atoms with Gasteiger partial charge >= 0.3 is 12.2 Å². The fourth-order valence-corrected chi connectivity index (χ4v) is 2.77. The Labute approximate surface area is 170 Å². The summed E-state index contributed by atoms with van der Waals surface area (Å²) >= 11 is 0. The summed E-state index contributed by atoms with van der Waals surface area (Å²) in [4.78, 5) is 11.9. The maximum Gasteiger partial charge on any atom is 0.418 e. The highest BCUT2D eigenvalue weighted by atomic mass is 19.4. The molecule has 11 heteroatoms. The Morgan fingerprint density at radius 1 is 1.07 bits per heavy atom. The van der Waals surface area contributed by atoms with E-state index in [9.17, 15) is 18.0 Å². The van der Waals surface area contributed by atoms with Gasteiger partial charge in [0.05, 0.1) is 16.9 Å². The third kappa shape index (κ3) is 5.25. The van der Waals surface area contributed by atoms with Gasteiger partial charge in [-0.05, 0) is 44.2 Å². The largest absolute Gasteiger partial charge is 0.418 e. The van der Waals surface area contributed by atoms with Crippen LogP contribution in [-0.4, -0.2) is 39.1 Å². The number of carbonyl (C=O) groups excluding carboxylic acids is 1. The number of nitrogens with one attached hydrogen (secondary N) is 3. The van der Waals surface area contributed by atoms with Gasteiger partial charge in [0.2, 0.25) is 0 Å². The molecule has 2 amide bonds. The van der Waals surface area contributed by atoms with Gasteiger partial charge in [-0.2, -0.15) is 18.3 Å². The van der Waals surface area contributed by atoms with Gasteiger partial charge in [-0.1, -0.05) is 12.1 Å². The molecule has 3 aromatic rings. The van der Waals surface area contributed by atoms with E-state index in [2.05, 4.69) is 31.2 Å². The first-order valence-corrected chi connectivity index (χ1v) is 9.06. The predicted molar refractivity (Wildman–Crippen MR) is 106 cm³/mol. The lowest BCUT2D eigenvalue weighted by Gasteiger charge is -2.14.